The minimum Gasteiger partial charge on any atom is -0.379 e. The van der Waals surface area contributed by atoms with Crippen molar-refractivity contribution in [3.8, 4) is 0 Å². The first-order valence-electron chi connectivity index (χ1n) is 8.95. The maximum Gasteiger partial charge on any atom is 0.230 e. The molecule has 0 bridgehead atoms. The standard InChI is InChI=1S/C19H24ClN3O2S2/c1-14-22-15(12-27-14)11-26-13-19(24)21-10-18(23-6-8-25-9-7-23)16-4-2-3-5-17(16)20/h2-5,12,18H,6-11,13H2,1H3,(H,21,24)/t18-/m1/s1. The summed E-state index contributed by atoms with van der Waals surface area (Å²) in [5.41, 5.74) is 2.09. The van der Waals surface area contributed by atoms with Crippen molar-refractivity contribution in [2.24, 2.45) is 0 Å². The SMILES string of the molecule is Cc1nc(CSCC(=O)NC[C@H](c2ccccc2Cl)N2CCOCC2)cs1. The second kappa shape index (κ2) is 10.4. The Morgan fingerprint density at radius 2 is 2.19 bits per heavy atom. The second-order valence-corrected chi connectivity index (χ2v) is 8.80. The highest BCUT2D eigenvalue weighted by atomic mass is 35.5. The predicted octanol–water partition coefficient (Wildman–Crippen LogP) is 3.53. The van der Waals surface area contributed by atoms with Gasteiger partial charge < -0.3 is 10.1 Å². The normalized spacial score (nSPS) is 16.2. The zero-order chi connectivity index (χ0) is 19.1. The highest BCUT2D eigenvalue weighted by Crippen LogP contribution is 2.27. The molecule has 0 saturated carbocycles. The van der Waals surface area contributed by atoms with Crippen LogP contribution in [-0.4, -0.2) is 54.4 Å². The molecule has 2 heterocycles. The van der Waals surface area contributed by atoms with Crippen LogP contribution in [0.25, 0.3) is 0 Å². The van der Waals surface area contributed by atoms with Gasteiger partial charge in [0.15, 0.2) is 0 Å². The highest BCUT2D eigenvalue weighted by molar-refractivity contribution is 7.99. The molecule has 3 rings (SSSR count). The van der Waals surface area contributed by atoms with Crippen LogP contribution in [0, 0.1) is 6.92 Å². The number of hydrogen-bond acceptors (Lipinski definition) is 6. The molecule has 1 N–H and O–H groups in total. The summed E-state index contributed by atoms with van der Waals surface area (Å²) in [4.78, 5) is 19.1. The van der Waals surface area contributed by atoms with Crippen molar-refractivity contribution in [2.75, 3.05) is 38.6 Å². The van der Waals surface area contributed by atoms with Crippen LogP contribution >= 0.6 is 34.7 Å². The van der Waals surface area contributed by atoms with Crippen LogP contribution in [0.15, 0.2) is 29.6 Å². The van der Waals surface area contributed by atoms with E-state index in [4.69, 9.17) is 16.3 Å². The Kier molecular flexibility index (Phi) is 7.96. The molecule has 1 aromatic heterocycles. The molecule has 0 radical (unpaired) electrons. The molecule has 1 fully saturated rings. The van der Waals surface area contributed by atoms with E-state index < -0.39 is 0 Å². The van der Waals surface area contributed by atoms with E-state index in [0.717, 1.165) is 40.1 Å². The number of carbonyl (C=O) groups is 1. The van der Waals surface area contributed by atoms with Crippen LogP contribution in [0.5, 0.6) is 0 Å². The molecule has 146 valence electrons. The van der Waals surface area contributed by atoms with Crippen molar-refractivity contribution >= 4 is 40.6 Å². The number of morpholine rings is 1. The zero-order valence-corrected chi connectivity index (χ0v) is 17.7. The molecule has 1 aliphatic rings. The van der Waals surface area contributed by atoms with Gasteiger partial charge in [0, 0.05) is 35.8 Å². The highest BCUT2D eigenvalue weighted by Gasteiger charge is 2.24. The third-order valence-corrected chi connectivity index (χ3v) is 6.53. The van der Waals surface area contributed by atoms with E-state index in [1.54, 1.807) is 23.1 Å². The van der Waals surface area contributed by atoms with E-state index in [-0.39, 0.29) is 11.9 Å². The van der Waals surface area contributed by atoms with Gasteiger partial charge in [-0.05, 0) is 18.6 Å². The fourth-order valence-corrected chi connectivity index (χ4v) is 4.78. The third kappa shape index (κ3) is 6.19. The Labute approximate surface area is 173 Å². The topological polar surface area (TPSA) is 54.5 Å². The van der Waals surface area contributed by atoms with Crippen LogP contribution in [0.3, 0.4) is 0 Å². The summed E-state index contributed by atoms with van der Waals surface area (Å²) < 4.78 is 5.47. The summed E-state index contributed by atoms with van der Waals surface area (Å²) >= 11 is 9.65. The molecule has 1 atom stereocenters. The Morgan fingerprint density at radius 3 is 2.89 bits per heavy atom. The predicted molar refractivity (Wildman–Crippen MR) is 113 cm³/mol. The van der Waals surface area contributed by atoms with E-state index >= 15 is 0 Å². The lowest BCUT2D eigenvalue weighted by molar-refractivity contribution is -0.118. The number of aromatic nitrogens is 1. The Balaban J connectivity index is 1.54. The maximum atomic E-state index is 12.3. The number of nitrogens with zero attached hydrogens (tertiary/aromatic N) is 2. The number of hydrogen-bond donors (Lipinski definition) is 1. The Morgan fingerprint density at radius 1 is 1.41 bits per heavy atom. The van der Waals surface area contributed by atoms with Gasteiger partial charge in [0.05, 0.1) is 35.7 Å². The van der Waals surface area contributed by atoms with Crippen LogP contribution < -0.4 is 5.32 Å². The lowest BCUT2D eigenvalue weighted by atomic mass is 10.0. The number of carbonyl (C=O) groups excluding carboxylic acids is 1. The Bertz CT molecular complexity index is 750. The number of thiazole rings is 1. The molecule has 0 unspecified atom stereocenters. The van der Waals surface area contributed by atoms with Crippen molar-refractivity contribution in [1.82, 2.24) is 15.2 Å². The van der Waals surface area contributed by atoms with Gasteiger partial charge in [-0.3, -0.25) is 9.69 Å². The number of amides is 1. The van der Waals surface area contributed by atoms with Gasteiger partial charge in [-0.2, -0.15) is 0 Å². The molecule has 1 amide bonds. The molecule has 2 aromatic rings. The van der Waals surface area contributed by atoms with Crippen LogP contribution in [-0.2, 0) is 15.3 Å². The van der Waals surface area contributed by atoms with E-state index in [2.05, 4.69) is 15.2 Å². The lowest BCUT2D eigenvalue weighted by Gasteiger charge is -2.35. The summed E-state index contributed by atoms with van der Waals surface area (Å²) in [6, 6.07) is 7.91. The maximum absolute atomic E-state index is 12.3. The largest absolute Gasteiger partial charge is 0.379 e. The van der Waals surface area contributed by atoms with Crippen molar-refractivity contribution in [1.29, 1.82) is 0 Å². The minimum absolute atomic E-state index is 0.0391. The smallest absolute Gasteiger partial charge is 0.230 e. The van der Waals surface area contributed by atoms with E-state index in [0.29, 0.717) is 25.5 Å². The number of thioether (sulfide) groups is 1. The Hall–Kier alpha value is -1.12. The molecular formula is C19H24ClN3O2S2. The number of aryl methyl sites for hydroxylation is 1. The van der Waals surface area contributed by atoms with Gasteiger partial charge in [-0.15, -0.1) is 23.1 Å². The molecule has 1 saturated heterocycles. The molecule has 8 heteroatoms. The van der Waals surface area contributed by atoms with Crippen LogP contribution in [0.4, 0.5) is 0 Å². The van der Waals surface area contributed by atoms with Crippen molar-refractivity contribution in [2.45, 2.75) is 18.7 Å². The monoisotopic (exact) mass is 425 g/mol. The second-order valence-electron chi connectivity index (χ2n) is 6.34. The number of nitrogens with one attached hydrogen (secondary N) is 1. The summed E-state index contributed by atoms with van der Waals surface area (Å²) in [7, 11) is 0. The van der Waals surface area contributed by atoms with Crippen molar-refractivity contribution in [3.05, 3.63) is 50.9 Å². The summed E-state index contributed by atoms with van der Waals surface area (Å²) in [6.07, 6.45) is 0. The van der Waals surface area contributed by atoms with Gasteiger partial charge in [-0.25, -0.2) is 4.98 Å². The quantitative estimate of drug-likeness (QED) is 0.701. The van der Waals surface area contributed by atoms with Crippen molar-refractivity contribution < 1.29 is 9.53 Å². The number of halogens is 1. The molecule has 5 nitrogen and oxygen atoms in total. The molecule has 27 heavy (non-hydrogen) atoms. The van der Waals surface area contributed by atoms with Gasteiger partial charge in [0.25, 0.3) is 0 Å². The molecular weight excluding hydrogens is 402 g/mol. The summed E-state index contributed by atoms with van der Waals surface area (Å²) in [5, 5.41) is 6.92. The van der Waals surface area contributed by atoms with Gasteiger partial charge in [0.2, 0.25) is 5.91 Å². The fraction of sp³-hybridized carbons (Fsp3) is 0.474. The number of rotatable bonds is 8. The average Bonchev–Trinajstić information content (AvgIpc) is 3.09. The molecule has 0 aliphatic carbocycles. The van der Waals surface area contributed by atoms with E-state index in [1.807, 2.05) is 36.6 Å². The van der Waals surface area contributed by atoms with Crippen molar-refractivity contribution in [3.63, 3.8) is 0 Å². The average molecular weight is 426 g/mol. The lowest BCUT2D eigenvalue weighted by Crippen LogP contribution is -2.44. The summed E-state index contributed by atoms with van der Waals surface area (Å²) in [5.74, 6) is 1.22. The summed E-state index contributed by atoms with van der Waals surface area (Å²) in [6.45, 7) is 5.62. The van der Waals surface area contributed by atoms with Gasteiger partial charge in [0.1, 0.15) is 0 Å². The minimum atomic E-state index is 0.0391. The number of benzene rings is 1. The fourth-order valence-electron chi connectivity index (χ4n) is 3.05. The van der Waals surface area contributed by atoms with E-state index in [1.165, 1.54) is 0 Å². The molecule has 1 aliphatic heterocycles. The zero-order valence-electron chi connectivity index (χ0n) is 15.3. The van der Waals surface area contributed by atoms with Gasteiger partial charge >= 0.3 is 0 Å². The molecule has 0 spiro atoms. The third-order valence-electron chi connectivity index (χ3n) is 4.39. The van der Waals surface area contributed by atoms with Crippen LogP contribution in [0.2, 0.25) is 5.02 Å². The van der Waals surface area contributed by atoms with Crippen LogP contribution in [0.1, 0.15) is 22.3 Å². The molecule has 1 aromatic carbocycles. The van der Waals surface area contributed by atoms with Gasteiger partial charge in [-0.1, -0.05) is 29.8 Å². The number of ether oxygens (including phenoxy) is 1. The first kappa shape index (κ1) is 20.6. The first-order chi connectivity index (χ1) is 13.1. The first-order valence-corrected chi connectivity index (χ1v) is 11.4. The van der Waals surface area contributed by atoms with E-state index in [9.17, 15) is 4.79 Å².